The van der Waals surface area contributed by atoms with E-state index in [2.05, 4.69) is 20.1 Å². The third-order valence-electron chi connectivity index (χ3n) is 5.90. The molecule has 0 spiro atoms. The van der Waals surface area contributed by atoms with Gasteiger partial charge in [-0.25, -0.2) is 19.2 Å². The van der Waals surface area contributed by atoms with Gasteiger partial charge in [0.2, 0.25) is 0 Å². The molecule has 0 bridgehead atoms. The van der Waals surface area contributed by atoms with Crippen molar-refractivity contribution in [3.05, 3.63) is 90.2 Å². The van der Waals surface area contributed by atoms with E-state index in [-0.39, 0.29) is 5.91 Å². The molecule has 33 heavy (non-hydrogen) atoms. The zero-order chi connectivity index (χ0) is 22.4. The number of H-pyrrole nitrogens is 1. The number of hydrogen-bond acceptors (Lipinski definition) is 6. The summed E-state index contributed by atoms with van der Waals surface area (Å²) in [5.41, 5.74) is 3.76. The molecule has 0 saturated heterocycles. The quantitative estimate of drug-likeness (QED) is 0.460. The van der Waals surface area contributed by atoms with Gasteiger partial charge in [-0.1, -0.05) is 6.07 Å². The maximum Gasteiger partial charge on any atom is 0.273 e. The molecule has 6 heterocycles. The van der Waals surface area contributed by atoms with Crippen LogP contribution in [0.3, 0.4) is 0 Å². The van der Waals surface area contributed by atoms with E-state index in [1.165, 1.54) is 0 Å². The summed E-state index contributed by atoms with van der Waals surface area (Å²) in [5, 5.41) is 9.11. The van der Waals surface area contributed by atoms with Crippen LogP contribution in [0.1, 0.15) is 33.6 Å². The molecule has 0 saturated carbocycles. The highest BCUT2D eigenvalue weighted by molar-refractivity contribution is 5.93. The molecule has 1 aliphatic rings. The van der Waals surface area contributed by atoms with E-state index in [4.69, 9.17) is 9.84 Å². The van der Waals surface area contributed by atoms with Crippen LogP contribution in [-0.4, -0.2) is 58.8 Å². The lowest BCUT2D eigenvalue weighted by atomic mass is 9.99. The molecule has 1 N–H and O–H groups in total. The van der Waals surface area contributed by atoms with Crippen LogP contribution < -0.4 is 4.74 Å². The summed E-state index contributed by atoms with van der Waals surface area (Å²) in [5.74, 6) is 1.12. The molecule has 6 rings (SSSR count). The zero-order valence-electron chi connectivity index (χ0n) is 17.8. The molecule has 10 nitrogen and oxygen atoms in total. The lowest BCUT2D eigenvalue weighted by Crippen LogP contribution is -2.41. The van der Waals surface area contributed by atoms with Gasteiger partial charge >= 0.3 is 0 Å². The number of methoxy groups -OCH3 is 1. The monoisotopic (exact) mass is 440 g/mol. The van der Waals surface area contributed by atoms with Gasteiger partial charge < -0.3 is 14.6 Å². The molecule has 1 atom stereocenters. The summed E-state index contributed by atoms with van der Waals surface area (Å²) >= 11 is 0. The summed E-state index contributed by atoms with van der Waals surface area (Å²) in [6.45, 7) is 0.511. The molecule has 0 aliphatic carbocycles. The summed E-state index contributed by atoms with van der Waals surface area (Å²) < 4.78 is 8.82. The third kappa shape index (κ3) is 3.06. The van der Waals surface area contributed by atoms with Crippen LogP contribution in [0.4, 0.5) is 0 Å². The third-order valence-corrected chi connectivity index (χ3v) is 5.90. The Hall–Kier alpha value is -4.47. The van der Waals surface area contributed by atoms with Gasteiger partial charge in [0.25, 0.3) is 5.91 Å². The van der Waals surface area contributed by atoms with Gasteiger partial charge in [-0.2, -0.15) is 10.2 Å². The van der Waals surface area contributed by atoms with Gasteiger partial charge in [0, 0.05) is 31.1 Å². The second-order valence-electron chi connectivity index (χ2n) is 7.71. The highest BCUT2D eigenvalue weighted by atomic mass is 16.5. The Bertz CT molecular complexity index is 1450. The fourth-order valence-electron chi connectivity index (χ4n) is 4.38. The minimum atomic E-state index is -0.454. The predicted molar refractivity (Wildman–Crippen MR) is 118 cm³/mol. The van der Waals surface area contributed by atoms with Crippen molar-refractivity contribution in [2.75, 3.05) is 13.7 Å². The smallest absolute Gasteiger partial charge is 0.273 e. The fourth-order valence-corrected chi connectivity index (χ4v) is 4.38. The molecule has 0 fully saturated rings. The first-order valence-electron chi connectivity index (χ1n) is 10.6. The van der Waals surface area contributed by atoms with Crippen LogP contribution in [0.2, 0.25) is 0 Å². The molecule has 0 aromatic carbocycles. The Morgan fingerprint density at radius 3 is 2.94 bits per heavy atom. The number of pyridine rings is 2. The Balaban J connectivity index is 1.46. The van der Waals surface area contributed by atoms with Gasteiger partial charge in [-0.05, 0) is 36.4 Å². The second kappa shape index (κ2) is 7.59. The van der Waals surface area contributed by atoms with Crippen molar-refractivity contribution in [1.82, 2.24) is 39.2 Å². The molecule has 5 aromatic heterocycles. The summed E-state index contributed by atoms with van der Waals surface area (Å²) in [7, 11) is 1.63. The number of ether oxygens (including phenoxy) is 1. The SMILES string of the molecule is COc1cccn2nc([C@@H]3c4nc[nH]c4CCN3C(=O)c3ccnn3-c3ccccn3)cc12. The Kier molecular flexibility index (Phi) is 4.42. The Morgan fingerprint density at radius 1 is 1.15 bits per heavy atom. The number of amides is 1. The first-order chi connectivity index (χ1) is 16.2. The van der Waals surface area contributed by atoms with Crippen molar-refractivity contribution in [2.24, 2.45) is 0 Å². The minimum absolute atomic E-state index is 0.166. The molecule has 0 unspecified atom stereocenters. The van der Waals surface area contributed by atoms with Crippen LogP contribution in [-0.2, 0) is 6.42 Å². The molecular weight excluding hydrogens is 420 g/mol. The molecule has 1 aliphatic heterocycles. The van der Waals surface area contributed by atoms with Crippen LogP contribution in [0.25, 0.3) is 11.3 Å². The average molecular weight is 440 g/mol. The Morgan fingerprint density at radius 2 is 2.09 bits per heavy atom. The number of imidazole rings is 1. The first-order valence-corrected chi connectivity index (χ1v) is 10.6. The maximum absolute atomic E-state index is 13.8. The standard InChI is InChI=1S/C23H20N8O2/c1-33-19-5-4-11-30-18(19)13-16(28-30)22-21-15(25-14-26-21)8-12-29(22)23(32)17-7-10-27-31(17)20-6-2-3-9-24-20/h2-7,9-11,13-14,22H,8,12H2,1H3,(H,25,26)/t22-/m1/s1. The molecule has 5 aromatic rings. The lowest BCUT2D eigenvalue weighted by Gasteiger charge is -2.33. The van der Waals surface area contributed by atoms with Crippen LogP contribution in [0, 0.1) is 0 Å². The van der Waals surface area contributed by atoms with Gasteiger partial charge in [0.15, 0.2) is 5.82 Å². The van der Waals surface area contributed by atoms with E-state index >= 15 is 0 Å². The summed E-state index contributed by atoms with van der Waals surface area (Å²) in [4.78, 5) is 27.8. The van der Waals surface area contributed by atoms with Crippen LogP contribution in [0.5, 0.6) is 5.75 Å². The maximum atomic E-state index is 13.8. The van der Waals surface area contributed by atoms with E-state index in [1.807, 2.05) is 42.6 Å². The summed E-state index contributed by atoms with van der Waals surface area (Å²) in [6.07, 6.45) is 7.48. The molecular formula is C23H20N8O2. The summed E-state index contributed by atoms with van der Waals surface area (Å²) in [6, 6.07) is 12.5. The van der Waals surface area contributed by atoms with E-state index < -0.39 is 6.04 Å². The van der Waals surface area contributed by atoms with Crippen molar-refractivity contribution >= 4 is 11.4 Å². The number of aromatic nitrogens is 7. The van der Waals surface area contributed by atoms with Gasteiger partial charge in [-0.3, -0.25) is 4.79 Å². The van der Waals surface area contributed by atoms with Crippen LogP contribution >= 0.6 is 0 Å². The molecule has 10 heteroatoms. The predicted octanol–water partition coefficient (Wildman–Crippen LogP) is 2.43. The van der Waals surface area contributed by atoms with E-state index in [0.29, 0.717) is 35.9 Å². The first kappa shape index (κ1) is 19.2. The molecule has 0 radical (unpaired) electrons. The molecule has 164 valence electrons. The number of carbonyl (C=O) groups excluding carboxylic acids is 1. The minimum Gasteiger partial charge on any atom is -0.494 e. The van der Waals surface area contributed by atoms with Crippen molar-refractivity contribution < 1.29 is 9.53 Å². The van der Waals surface area contributed by atoms with E-state index in [9.17, 15) is 4.79 Å². The second-order valence-corrected chi connectivity index (χ2v) is 7.71. The van der Waals surface area contributed by atoms with E-state index in [0.717, 1.165) is 16.9 Å². The van der Waals surface area contributed by atoms with Crippen molar-refractivity contribution in [3.8, 4) is 11.6 Å². The van der Waals surface area contributed by atoms with Crippen molar-refractivity contribution in [3.63, 3.8) is 0 Å². The van der Waals surface area contributed by atoms with Gasteiger partial charge in [0.1, 0.15) is 23.0 Å². The number of nitrogens with zero attached hydrogens (tertiary/aromatic N) is 7. The normalized spacial score (nSPS) is 15.5. The highest BCUT2D eigenvalue weighted by Crippen LogP contribution is 2.35. The van der Waals surface area contributed by atoms with Crippen LogP contribution in [0.15, 0.2) is 67.4 Å². The van der Waals surface area contributed by atoms with Gasteiger partial charge in [0.05, 0.1) is 31.0 Å². The largest absolute Gasteiger partial charge is 0.494 e. The number of fused-ring (bicyclic) bond motifs is 2. The number of nitrogens with one attached hydrogen (secondary N) is 1. The zero-order valence-corrected chi connectivity index (χ0v) is 17.8. The molecule has 1 amide bonds. The number of carbonyl (C=O) groups is 1. The topological polar surface area (TPSA) is 106 Å². The average Bonchev–Trinajstić information content (AvgIpc) is 3.62. The van der Waals surface area contributed by atoms with Crippen molar-refractivity contribution in [1.29, 1.82) is 0 Å². The number of aromatic amines is 1. The number of rotatable bonds is 4. The van der Waals surface area contributed by atoms with Crippen molar-refractivity contribution in [2.45, 2.75) is 12.5 Å². The lowest BCUT2D eigenvalue weighted by molar-refractivity contribution is 0.0677. The van der Waals surface area contributed by atoms with E-state index in [1.54, 1.807) is 46.0 Å². The fraction of sp³-hybridized carbons (Fsp3) is 0.174. The van der Waals surface area contributed by atoms with Gasteiger partial charge in [-0.15, -0.1) is 0 Å². The Labute approximate surface area is 188 Å². The highest BCUT2D eigenvalue weighted by Gasteiger charge is 2.37. The number of hydrogen-bond donors (Lipinski definition) is 1.